The van der Waals surface area contributed by atoms with Gasteiger partial charge >= 0.3 is 0 Å². The van der Waals surface area contributed by atoms with Crippen LogP contribution in [0.4, 0.5) is 5.69 Å². The Bertz CT molecular complexity index is 997. The molecule has 2 aromatic carbocycles. The number of carbonyl (C=O) groups is 2. The van der Waals surface area contributed by atoms with Crippen LogP contribution in [0.25, 0.3) is 6.08 Å². The van der Waals surface area contributed by atoms with Gasteiger partial charge in [0.05, 0.1) is 25.5 Å². The van der Waals surface area contributed by atoms with Gasteiger partial charge in [-0.1, -0.05) is 18.2 Å². The first-order chi connectivity index (χ1) is 14.6. The molecule has 8 heteroatoms. The molecule has 3 N–H and O–H groups in total. The number of methoxy groups -OCH3 is 2. The average Bonchev–Trinajstić information content (AvgIpc) is 2.71. The Labute approximate surface area is 187 Å². The zero-order valence-corrected chi connectivity index (χ0v) is 19.1. The molecular weight excluding hydrogens is 414 g/mol. The highest BCUT2D eigenvalue weighted by atomic mass is 32.1. The molecule has 164 valence electrons. The van der Waals surface area contributed by atoms with Gasteiger partial charge in [-0.25, -0.2) is 0 Å². The maximum Gasteiger partial charge on any atom is 0.253 e. The van der Waals surface area contributed by atoms with Crippen molar-refractivity contribution in [3.05, 3.63) is 59.7 Å². The molecule has 0 radical (unpaired) electrons. The maximum absolute atomic E-state index is 12.5. The molecule has 0 unspecified atom stereocenters. The summed E-state index contributed by atoms with van der Waals surface area (Å²) < 4.78 is 10.4. The quantitative estimate of drug-likeness (QED) is 0.467. The summed E-state index contributed by atoms with van der Waals surface area (Å²) in [6.07, 6.45) is 2.98. The lowest BCUT2D eigenvalue weighted by Crippen LogP contribution is -2.41. The van der Waals surface area contributed by atoms with E-state index in [1.807, 2.05) is 20.8 Å². The molecular formula is C23H27N3O4S. The van der Waals surface area contributed by atoms with Crippen LogP contribution < -0.4 is 25.4 Å². The fraction of sp³-hybridized carbons (Fsp3) is 0.261. The normalized spacial score (nSPS) is 11.0. The van der Waals surface area contributed by atoms with Crippen LogP contribution in [0.15, 0.2) is 48.5 Å². The van der Waals surface area contributed by atoms with Crippen LogP contribution in [0.1, 0.15) is 36.7 Å². The molecule has 7 nitrogen and oxygen atoms in total. The smallest absolute Gasteiger partial charge is 0.253 e. The summed E-state index contributed by atoms with van der Waals surface area (Å²) in [7, 11) is 3.10. The lowest BCUT2D eigenvalue weighted by molar-refractivity contribution is -0.115. The molecule has 0 heterocycles. The third-order valence-electron chi connectivity index (χ3n) is 3.98. The van der Waals surface area contributed by atoms with Crippen molar-refractivity contribution in [2.75, 3.05) is 19.5 Å². The fourth-order valence-electron chi connectivity index (χ4n) is 2.63. The first-order valence-corrected chi connectivity index (χ1v) is 9.97. The molecule has 0 aromatic heterocycles. The second-order valence-corrected chi connectivity index (χ2v) is 8.05. The first kappa shape index (κ1) is 23.9. The topological polar surface area (TPSA) is 88.7 Å². The molecule has 0 bridgehead atoms. The summed E-state index contributed by atoms with van der Waals surface area (Å²) in [5.41, 5.74) is 1.30. The van der Waals surface area contributed by atoms with Crippen molar-refractivity contribution in [2.45, 2.75) is 26.3 Å². The van der Waals surface area contributed by atoms with E-state index < -0.39 is 5.91 Å². The van der Waals surface area contributed by atoms with Gasteiger partial charge in [-0.2, -0.15) is 0 Å². The molecule has 0 aliphatic carbocycles. The van der Waals surface area contributed by atoms with Crippen LogP contribution in [0, 0.1) is 0 Å². The predicted octanol–water partition coefficient (Wildman–Crippen LogP) is 3.76. The van der Waals surface area contributed by atoms with Gasteiger partial charge in [-0.15, -0.1) is 0 Å². The van der Waals surface area contributed by atoms with Crippen molar-refractivity contribution in [3.8, 4) is 11.5 Å². The Morgan fingerprint density at radius 2 is 1.68 bits per heavy atom. The van der Waals surface area contributed by atoms with E-state index in [1.165, 1.54) is 6.08 Å². The maximum atomic E-state index is 12.5. The van der Waals surface area contributed by atoms with Crippen LogP contribution >= 0.6 is 12.2 Å². The minimum atomic E-state index is -0.413. The molecule has 2 aromatic rings. The summed E-state index contributed by atoms with van der Waals surface area (Å²) in [6, 6.07) is 12.2. The van der Waals surface area contributed by atoms with E-state index in [9.17, 15) is 9.59 Å². The van der Waals surface area contributed by atoms with Crippen molar-refractivity contribution >= 4 is 40.9 Å². The van der Waals surface area contributed by atoms with E-state index in [2.05, 4.69) is 16.0 Å². The number of ether oxygens (including phenoxy) is 2. The number of nitrogens with one attached hydrogen (secondary N) is 3. The van der Waals surface area contributed by atoms with Gasteiger partial charge in [0.25, 0.3) is 5.91 Å². The summed E-state index contributed by atoms with van der Waals surface area (Å²) in [5.74, 6) is 0.512. The number of benzene rings is 2. The van der Waals surface area contributed by atoms with E-state index in [-0.39, 0.29) is 16.6 Å². The number of para-hydroxylation sites is 1. The second kappa shape index (κ2) is 10.6. The van der Waals surface area contributed by atoms with Crippen LogP contribution in [-0.4, -0.2) is 36.7 Å². The highest BCUT2D eigenvalue weighted by Crippen LogP contribution is 2.27. The SMILES string of the molecule is COc1ccc(C=CC(=O)NC(=S)Nc2ccccc2C(=O)NC(C)(C)C)cc1OC. The first-order valence-electron chi connectivity index (χ1n) is 9.56. The molecule has 0 aliphatic rings. The van der Waals surface area contributed by atoms with E-state index in [0.717, 1.165) is 5.56 Å². The zero-order chi connectivity index (χ0) is 23.0. The molecule has 0 fully saturated rings. The molecule has 0 saturated carbocycles. The van der Waals surface area contributed by atoms with Gasteiger partial charge < -0.3 is 20.1 Å². The Hall–Kier alpha value is -3.39. The molecule has 0 atom stereocenters. The van der Waals surface area contributed by atoms with E-state index in [4.69, 9.17) is 21.7 Å². The summed E-state index contributed by atoms with van der Waals surface area (Å²) in [4.78, 5) is 24.8. The molecule has 0 saturated heterocycles. The van der Waals surface area contributed by atoms with Crippen molar-refractivity contribution in [2.24, 2.45) is 0 Å². The van der Waals surface area contributed by atoms with Crippen LogP contribution in [0.2, 0.25) is 0 Å². The summed E-state index contributed by atoms with van der Waals surface area (Å²) in [5, 5.41) is 8.47. The monoisotopic (exact) mass is 441 g/mol. The van der Waals surface area contributed by atoms with Crippen molar-refractivity contribution in [3.63, 3.8) is 0 Å². The Balaban J connectivity index is 2.03. The highest BCUT2D eigenvalue weighted by molar-refractivity contribution is 7.80. The lowest BCUT2D eigenvalue weighted by Gasteiger charge is -2.21. The number of rotatable bonds is 6. The molecule has 2 rings (SSSR count). The Morgan fingerprint density at radius 3 is 2.32 bits per heavy atom. The average molecular weight is 442 g/mol. The lowest BCUT2D eigenvalue weighted by atomic mass is 10.1. The van der Waals surface area contributed by atoms with Gasteiger partial charge in [0.1, 0.15) is 0 Å². The Morgan fingerprint density at radius 1 is 1.00 bits per heavy atom. The molecule has 0 spiro atoms. The third kappa shape index (κ3) is 7.42. The van der Waals surface area contributed by atoms with Gasteiger partial charge in [-0.05, 0) is 68.9 Å². The number of anilines is 1. The van der Waals surface area contributed by atoms with Gasteiger partial charge in [0.15, 0.2) is 16.6 Å². The van der Waals surface area contributed by atoms with E-state index in [0.29, 0.717) is 22.7 Å². The zero-order valence-electron chi connectivity index (χ0n) is 18.2. The highest BCUT2D eigenvalue weighted by Gasteiger charge is 2.18. The van der Waals surface area contributed by atoms with Crippen LogP contribution in [0.5, 0.6) is 11.5 Å². The van der Waals surface area contributed by atoms with Gasteiger partial charge in [0.2, 0.25) is 5.91 Å². The minimum Gasteiger partial charge on any atom is -0.493 e. The molecule has 2 amide bonds. The van der Waals surface area contributed by atoms with Crippen molar-refractivity contribution in [1.82, 2.24) is 10.6 Å². The third-order valence-corrected chi connectivity index (χ3v) is 4.18. The molecule has 0 aliphatic heterocycles. The van der Waals surface area contributed by atoms with Crippen LogP contribution in [-0.2, 0) is 4.79 Å². The summed E-state index contributed by atoms with van der Waals surface area (Å²) >= 11 is 5.23. The number of amides is 2. The molecule has 31 heavy (non-hydrogen) atoms. The van der Waals surface area contributed by atoms with E-state index >= 15 is 0 Å². The van der Waals surface area contributed by atoms with Crippen molar-refractivity contribution < 1.29 is 19.1 Å². The number of hydrogen-bond acceptors (Lipinski definition) is 5. The standard InChI is InChI=1S/C23H27N3O4S/c1-23(2,3)26-21(28)16-8-6-7-9-17(16)24-22(31)25-20(27)13-11-15-10-12-18(29-4)19(14-15)30-5/h6-14H,1-5H3,(H,26,28)(H2,24,25,27,31). The Kier molecular flexibility index (Phi) is 8.15. The second-order valence-electron chi connectivity index (χ2n) is 7.64. The minimum absolute atomic E-state index is 0.0815. The van der Waals surface area contributed by atoms with Crippen LogP contribution in [0.3, 0.4) is 0 Å². The number of hydrogen-bond donors (Lipinski definition) is 3. The van der Waals surface area contributed by atoms with Crippen molar-refractivity contribution in [1.29, 1.82) is 0 Å². The van der Waals surface area contributed by atoms with E-state index in [1.54, 1.807) is 62.8 Å². The number of carbonyl (C=O) groups excluding carboxylic acids is 2. The number of thiocarbonyl (C=S) groups is 1. The fourth-order valence-corrected chi connectivity index (χ4v) is 2.84. The largest absolute Gasteiger partial charge is 0.493 e. The predicted molar refractivity (Wildman–Crippen MR) is 127 cm³/mol. The summed E-state index contributed by atoms with van der Waals surface area (Å²) in [6.45, 7) is 5.70. The van der Waals surface area contributed by atoms with Gasteiger partial charge in [-0.3, -0.25) is 14.9 Å². The van der Waals surface area contributed by atoms with Gasteiger partial charge in [0, 0.05) is 11.6 Å².